The summed E-state index contributed by atoms with van der Waals surface area (Å²) in [5.41, 5.74) is 4.85. The molecule has 0 aliphatic carbocycles. The summed E-state index contributed by atoms with van der Waals surface area (Å²) in [4.78, 5) is 12.2. The first-order chi connectivity index (χ1) is 10.9. The summed E-state index contributed by atoms with van der Waals surface area (Å²) < 4.78 is 5.43. The monoisotopic (exact) mass is 313 g/mol. The van der Waals surface area contributed by atoms with E-state index < -0.39 is 0 Å². The van der Waals surface area contributed by atoms with Crippen LogP contribution < -0.4 is 10.1 Å². The highest BCUT2D eigenvalue weighted by Gasteiger charge is 2.13. The van der Waals surface area contributed by atoms with Crippen LogP contribution in [-0.4, -0.2) is 22.7 Å². The van der Waals surface area contributed by atoms with Crippen molar-refractivity contribution in [2.75, 3.05) is 11.9 Å². The van der Waals surface area contributed by atoms with Crippen molar-refractivity contribution in [3.8, 4) is 5.88 Å². The van der Waals surface area contributed by atoms with E-state index in [9.17, 15) is 4.79 Å². The lowest BCUT2D eigenvalue weighted by atomic mass is 9.98. The number of benzene rings is 1. The maximum atomic E-state index is 12.2. The molecule has 0 bridgehead atoms. The van der Waals surface area contributed by atoms with E-state index in [0.29, 0.717) is 11.8 Å². The fourth-order valence-electron chi connectivity index (χ4n) is 2.25. The Balaban J connectivity index is 2.04. The number of aromatic nitrogens is 2. The van der Waals surface area contributed by atoms with E-state index in [0.717, 1.165) is 28.1 Å². The number of rotatable bonds is 5. The minimum Gasteiger partial charge on any atom is -0.466 e. The number of aryl methyl sites for hydroxylation is 3. The van der Waals surface area contributed by atoms with Gasteiger partial charge in [-0.2, -0.15) is 5.10 Å². The standard InChI is InChI=1S/C18H23N3O2/c1-11(2)15-8-6-7-12(3)18(15)19-16(22)10-23-17-9-13(4)14(5)20-21-17/h6-9,11H,10H2,1-5H3,(H,19,22). The molecule has 1 aromatic heterocycles. The molecule has 5 nitrogen and oxygen atoms in total. The van der Waals surface area contributed by atoms with Crippen LogP contribution in [0.1, 0.15) is 42.1 Å². The molecule has 5 heteroatoms. The Morgan fingerprint density at radius 1 is 1.17 bits per heavy atom. The molecule has 0 aliphatic heterocycles. The lowest BCUT2D eigenvalue weighted by Gasteiger charge is -2.16. The first kappa shape index (κ1) is 16.9. The first-order valence-corrected chi connectivity index (χ1v) is 7.71. The van der Waals surface area contributed by atoms with Gasteiger partial charge in [0, 0.05) is 11.8 Å². The topological polar surface area (TPSA) is 64.1 Å². The van der Waals surface area contributed by atoms with E-state index in [-0.39, 0.29) is 12.5 Å². The van der Waals surface area contributed by atoms with Crippen molar-refractivity contribution in [3.63, 3.8) is 0 Å². The van der Waals surface area contributed by atoms with E-state index >= 15 is 0 Å². The number of hydrogen-bond donors (Lipinski definition) is 1. The summed E-state index contributed by atoms with van der Waals surface area (Å²) in [6.45, 7) is 9.90. The third kappa shape index (κ3) is 4.28. The number of nitrogens with zero attached hydrogens (tertiary/aromatic N) is 2. The molecule has 0 saturated heterocycles. The third-order valence-electron chi connectivity index (χ3n) is 3.75. The van der Waals surface area contributed by atoms with Crippen molar-refractivity contribution in [3.05, 3.63) is 46.6 Å². The molecule has 0 spiro atoms. The van der Waals surface area contributed by atoms with Gasteiger partial charge in [-0.15, -0.1) is 5.10 Å². The van der Waals surface area contributed by atoms with Crippen LogP contribution in [0.15, 0.2) is 24.3 Å². The van der Waals surface area contributed by atoms with Gasteiger partial charge in [-0.25, -0.2) is 0 Å². The fourth-order valence-corrected chi connectivity index (χ4v) is 2.25. The molecule has 23 heavy (non-hydrogen) atoms. The molecule has 2 rings (SSSR count). The van der Waals surface area contributed by atoms with Gasteiger partial charge < -0.3 is 10.1 Å². The first-order valence-electron chi connectivity index (χ1n) is 7.71. The predicted molar refractivity (Wildman–Crippen MR) is 90.9 cm³/mol. The third-order valence-corrected chi connectivity index (χ3v) is 3.75. The number of hydrogen-bond acceptors (Lipinski definition) is 4. The Morgan fingerprint density at radius 3 is 2.57 bits per heavy atom. The second kappa shape index (κ2) is 7.22. The van der Waals surface area contributed by atoms with Gasteiger partial charge in [0.1, 0.15) is 0 Å². The Bertz CT molecular complexity index is 711. The minimum absolute atomic E-state index is 0.0942. The van der Waals surface area contributed by atoms with Gasteiger partial charge in [-0.1, -0.05) is 32.0 Å². The number of nitrogens with one attached hydrogen (secondary N) is 1. The van der Waals surface area contributed by atoms with Gasteiger partial charge in [0.15, 0.2) is 6.61 Å². The van der Waals surface area contributed by atoms with Crippen molar-refractivity contribution in [1.29, 1.82) is 0 Å². The summed E-state index contributed by atoms with van der Waals surface area (Å²) in [6, 6.07) is 7.80. The van der Waals surface area contributed by atoms with Gasteiger partial charge in [-0.05, 0) is 43.4 Å². The van der Waals surface area contributed by atoms with Crippen LogP contribution in [0.3, 0.4) is 0 Å². The maximum absolute atomic E-state index is 12.2. The van der Waals surface area contributed by atoms with E-state index in [1.165, 1.54) is 0 Å². The molecule has 1 amide bonds. The predicted octanol–water partition coefficient (Wildman–Crippen LogP) is 3.54. The number of carbonyl (C=O) groups excluding carboxylic acids is 1. The lowest BCUT2D eigenvalue weighted by Crippen LogP contribution is -2.22. The van der Waals surface area contributed by atoms with Crippen LogP contribution in [0.2, 0.25) is 0 Å². The van der Waals surface area contributed by atoms with Gasteiger partial charge in [0.25, 0.3) is 5.91 Å². The summed E-state index contributed by atoms with van der Waals surface area (Å²) in [6.07, 6.45) is 0. The molecule has 1 aromatic carbocycles. The van der Waals surface area contributed by atoms with Crippen molar-refractivity contribution in [1.82, 2.24) is 10.2 Å². The average Bonchev–Trinajstić information content (AvgIpc) is 2.50. The van der Waals surface area contributed by atoms with Crippen LogP contribution in [-0.2, 0) is 4.79 Å². The Morgan fingerprint density at radius 2 is 1.91 bits per heavy atom. The number of amides is 1. The summed E-state index contributed by atoms with van der Waals surface area (Å²) in [5.74, 6) is 0.482. The Labute approximate surface area is 137 Å². The van der Waals surface area contributed by atoms with Crippen molar-refractivity contribution in [2.45, 2.75) is 40.5 Å². The van der Waals surface area contributed by atoms with Crippen LogP contribution in [0.4, 0.5) is 5.69 Å². The van der Waals surface area contributed by atoms with E-state index in [1.54, 1.807) is 6.07 Å². The zero-order valence-corrected chi connectivity index (χ0v) is 14.3. The molecule has 1 N–H and O–H groups in total. The van der Waals surface area contributed by atoms with Gasteiger partial charge in [0.2, 0.25) is 5.88 Å². The largest absolute Gasteiger partial charge is 0.466 e. The summed E-state index contributed by atoms with van der Waals surface area (Å²) in [5, 5.41) is 10.9. The van der Waals surface area contributed by atoms with Gasteiger partial charge in [-0.3, -0.25) is 4.79 Å². The molecule has 2 aromatic rings. The van der Waals surface area contributed by atoms with Crippen LogP contribution in [0.5, 0.6) is 5.88 Å². The maximum Gasteiger partial charge on any atom is 0.262 e. The number of carbonyl (C=O) groups is 1. The zero-order valence-electron chi connectivity index (χ0n) is 14.3. The minimum atomic E-state index is -0.207. The molecule has 122 valence electrons. The lowest BCUT2D eigenvalue weighted by molar-refractivity contribution is -0.118. The highest BCUT2D eigenvalue weighted by atomic mass is 16.5. The van der Waals surface area contributed by atoms with Crippen molar-refractivity contribution in [2.24, 2.45) is 0 Å². The quantitative estimate of drug-likeness (QED) is 0.917. The molecule has 0 saturated carbocycles. The zero-order chi connectivity index (χ0) is 17.0. The van der Waals surface area contributed by atoms with E-state index in [1.807, 2.05) is 39.0 Å². The number of ether oxygens (including phenoxy) is 1. The smallest absolute Gasteiger partial charge is 0.262 e. The molecular formula is C18H23N3O2. The fraction of sp³-hybridized carbons (Fsp3) is 0.389. The van der Waals surface area contributed by atoms with Crippen molar-refractivity contribution < 1.29 is 9.53 Å². The molecule has 1 heterocycles. The van der Waals surface area contributed by atoms with Crippen LogP contribution >= 0.6 is 0 Å². The van der Waals surface area contributed by atoms with Crippen LogP contribution in [0, 0.1) is 20.8 Å². The molecule has 0 radical (unpaired) electrons. The highest BCUT2D eigenvalue weighted by Crippen LogP contribution is 2.27. The normalized spacial score (nSPS) is 10.7. The van der Waals surface area contributed by atoms with E-state index in [2.05, 4.69) is 29.4 Å². The van der Waals surface area contributed by atoms with E-state index in [4.69, 9.17) is 4.74 Å². The second-order valence-corrected chi connectivity index (χ2v) is 5.98. The molecular weight excluding hydrogens is 290 g/mol. The SMILES string of the molecule is Cc1cc(OCC(=O)Nc2c(C)cccc2C(C)C)nnc1C. The Hall–Kier alpha value is -2.43. The second-order valence-electron chi connectivity index (χ2n) is 5.98. The Kier molecular flexibility index (Phi) is 5.32. The number of para-hydroxylation sites is 1. The highest BCUT2D eigenvalue weighted by molar-refractivity contribution is 5.93. The molecule has 0 unspecified atom stereocenters. The average molecular weight is 313 g/mol. The number of anilines is 1. The van der Waals surface area contributed by atoms with Crippen molar-refractivity contribution >= 4 is 11.6 Å². The molecule has 0 aliphatic rings. The summed E-state index contributed by atoms with van der Waals surface area (Å²) >= 11 is 0. The molecule has 0 atom stereocenters. The van der Waals surface area contributed by atoms with Gasteiger partial charge in [0.05, 0.1) is 5.69 Å². The van der Waals surface area contributed by atoms with Gasteiger partial charge >= 0.3 is 0 Å². The van der Waals surface area contributed by atoms with Crippen LogP contribution in [0.25, 0.3) is 0 Å². The summed E-state index contributed by atoms with van der Waals surface area (Å²) in [7, 11) is 0. The molecule has 0 fully saturated rings.